The first kappa shape index (κ1) is 28.8. The van der Waals surface area contributed by atoms with Crippen LogP contribution in [0.2, 0.25) is 0 Å². The third kappa shape index (κ3) is 8.63. The van der Waals surface area contributed by atoms with Gasteiger partial charge in [-0.25, -0.2) is 4.79 Å². The van der Waals surface area contributed by atoms with Crippen LogP contribution < -0.4 is 22.1 Å². The van der Waals surface area contributed by atoms with Gasteiger partial charge in [-0.15, -0.1) is 0 Å². The highest BCUT2D eigenvalue weighted by molar-refractivity contribution is 5.94. The molecule has 4 atom stereocenters. The summed E-state index contributed by atoms with van der Waals surface area (Å²) in [6, 6.07) is 5.18. The smallest absolute Gasteiger partial charge is 0.326 e. The normalized spacial score (nSPS) is 17.8. The first-order chi connectivity index (χ1) is 17.0. The molecule has 36 heavy (non-hydrogen) atoms. The number of rotatable bonds is 13. The van der Waals surface area contributed by atoms with E-state index < -0.39 is 53.8 Å². The zero-order valence-corrected chi connectivity index (χ0v) is 20.8. The second kappa shape index (κ2) is 13.6. The van der Waals surface area contributed by atoms with Gasteiger partial charge < -0.3 is 32.1 Å². The van der Waals surface area contributed by atoms with E-state index in [0.29, 0.717) is 12.8 Å². The van der Waals surface area contributed by atoms with Crippen LogP contribution in [0.5, 0.6) is 0 Å². The minimum Gasteiger partial charge on any atom is -0.480 e. The summed E-state index contributed by atoms with van der Waals surface area (Å²) in [5, 5.41) is 14.6. The zero-order valence-electron chi connectivity index (χ0n) is 20.8. The number of carbonyl (C=O) groups is 5. The Kier molecular flexibility index (Phi) is 10.8. The topological polar surface area (TPSA) is 185 Å². The average Bonchev–Trinajstić information content (AvgIpc) is 3.31. The van der Waals surface area contributed by atoms with E-state index in [2.05, 4.69) is 10.6 Å². The third-order valence-electron chi connectivity index (χ3n) is 6.09. The molecule has 0 aliphatic carbocycles. The van der Waals surface area contributed by atoms with Crippen LogP contribution in [0.1, 0.15) is 51.5 Å². The van der Waals surface area contributed by atoms with E-state index >= 15 is 0 Å². The summed E-state index contributed by atoms with van der Waals surface area (Å²) < 4.78 is 0. The van der Waals surface area contributed by atoms with Crippen molar-refractivity contribution in [1.29, 1.82) is 0 Å². The first-order valence-corrected chi connectivity index (χ1v) is 12.2. The summed E-state index contributed by atoms with van der Waals surface area (Å²) in [5.41, 5.74) is 12.2. The van der Waals surface area contributed by atoms with Crippen LogP contribution in [-0.4, -0.2) is 70.3 Å². The number of likely N-dealkylation sites (tertiary alicyclic amines) is 1. The Bertz CT molecular complexity index is 938. The Balaban J connectivity index is 2.12. The van der Waals surface area contributed by atoms with Gasteiger partial charge in [-0.1, -0.05) is 44.2 Å². The molecule has 1 aliphatic heterocycles. The highest BCUT2D eigenvalue weighted by Crippen LogP contribution is 2.20. The van der Waals surface area contributed by atoms with Crippen LogP contribution in [0, 0.1) is 5.92 Å². The lowest BCUT2D eigenvalue weighted by molar-refractivity contribution is -0.145. The van der Waals surface area contributed by atoms with Gasteiger partial charge >= 0.3 is 5.97 Å². The predicted molar refractivity (Wildman–Crippen MR) is 132 cm³/mol. The number of nitrogens with zero attached hydrogens (tertiary/aromatic N) is 1. The van der Waals surface area contributed by atoms with Gasteiger partial charge in [0.15, 0.2) is 0 Å². The summed E-state index contributed by atoms with van der Waals surface area (Å²) in [5.74, 6) is -3.40. The SMILES string of the molecule is CC(C)CC(NC(=O)C1CCCN1C(=O)C(CCC(N)=O)NC(=O)C(N)Cc1ccccc1)C(=O)O. The van der Waals surface area contributed by atoms with Gasteiger partial charge in [0.05, 0.1) is 6.04 Å². The molecular formula is C25H37N5O6. The van der Waals surface area contributed by atoms with Gasteiger partial charge in [-0.05, 0) is 43.6 Å². The number of nitrogens with two attached hydrogens (primary N) is 2. The maximum Gasteiger partial charge on any atom is 0.326 e. The molecule has 1 fully saturated rings. The van der Waals surface area contributed by atoms with Crippen LogP contribution in [0.4, 0.5) is 0 Å². The number of primary amides is 1. The molecule has 1 aromatic carbocycles. The largest absolute Gasteiger partial charge is 0.480 e. The number of carboxylic acids is 1. The summed E-state index contributed by atoms with van der Waals surface area (Å²) >= 11 is 0. The van der Waals surface area contributed by atoms with Gasteiger partial charge in [0.2, 0.25) is 23.6 Å². The van der Waals surface area contributed by atoms with E-state index in [9.17, 15) is 29.1 Å². The van der Waals surface area contributed by atoms with Crippen molar-refractivity contribution < 1.29 is 29.1 Å². The van der Waals surface area contributed by atoms with Gasteiger partial charge in [0, 0.05) is 13.0 Å². The van der Waals surface area contributed by atoms with E-state index in [0.717, 1.165) is 5.56 Å². The molecule has 1 aliphatic rings. The molecule has 1 heterocycles. The predicted octanol–water partition coefficient (Wildman–Crippen LogP) is -0.0868. The second-order valence-electron chi connectivity index (χ2n) is 9.58. The molecule has 198 valence electrons. The van der Waals surface area contributed by atoms with Crippen molar-refractivity contribution in [3.63, 3.8) is 0 Å². The molecule has 0 bridgehead atoms. The Morgan fingerprint density at radius 3 is 2.33 bits per heavy atom. The van der Waals surface area contributed by atoms with Crippen molar-refractivity contribution in [2.75, 3.05) is 6.54 Å². The number of hydrogen-bond donors (Lipinski definition) is 5. The Labute approximate surface area is 211 Å². The number of aliphatic carboxylic acids is 1. The number of carbonyl (C=O) groups excluding carboxylic acids is 4. The Morgan fingerprint density at radius 2 is 1.75 bits per heavy atom. The van der Waals surface area contributed by atoms with Crippen molar-refractivity contribution in [1.82, 2.24) is 15.5 Å². The van der Waals surface area contributed by atoms with E-state index in [1.807, 2.05) is 44.2 Å². The van der Waals surface area contributed by atoms with Crippen molar-refractivity contribution >= 4 is 29.6 Å². The van der Waals surface area contributed by atoms with Gasteiger partial charge in [0.1, 0.15) is 18.1 Å². The molecule has 4 amide bonds. The van der Waals surface area contributed by atoms with E-state index in [1.165, 1.54) is 4.90 Å². The van der Waals surface area contributed by atoms with Crippen LogP contribution >= 0.6 is 0 Å². The number of carboxylic acid groups (broad SMARTS) is 1. The van der Waals surface area contributed by atoms with Crippen molar-refractivity contribution in [3.8, 4) is 0 Å². The summed E-state index contributed by atoms with van der Waals surface area (Å²) in [7, 11) is 0. The van der Waals surface area contributed by atoms with E-state index in [1.54, 1.807) is 0 Å². The maximum absolute atomic E-state index is 13.4. The first-order valence-electron chi connectivity index (χ1n) is 12.2. The fraction of sp³-hybridized carbons (Fsp3) is 0.560. The summed E-state index contributed by atoms with van der Waals surface area (Å²) in [4.78, 5) is 63.4. The van der Waals surface area contributed by atoms with Crippen molar-refractivity contribution in [2.45, 2.75) is 76.5 Å². The average molecular weight is 504 g/mol. The number of nitrogens with one attached hydrogen (secondary N) is 2. The fourth-order valence-electron chi connectivity index (χ4n) is 4.25. The lowest BCUT2D eigenvalue weighted by atomic mass is 10.0. The molecule has 1 saturated heterocycles. The van der Waals surface area contributed by atoms with Gasteiger partial charge in [-0.3, -0.25) is 19.2 Å². The second-order valence-corrected chi connectivity index (χ2v) is 9.58. The fourth-order valence-corrected chi connectivity index (χ4v) is 4.25. The van der Waals surface area contributed by atoms with Gasteiger partial charge in [-0.2, -0.15) is 0 Å². The molecule has 11 heteroatoms. The molecule has 7 N–H and O–H groups in total. The molecule has 2 rings (SSSR count). The van der Waals surface area contributed by atoms with Crippen LogP contribution in [-0.2, 0) is 30.4 Å². The van der Waals surface area contributed by atoms with Crippen molar-refractivity contribution in [2.24, 2.45) is 17.4 Å². The van der Waals surface area contributed by atoms with Crippen LogP contribution in [0.15, 0.2) is 30.3 Å². The molecule has 0 spiro atoms. The Morgan fingerprint density at radius 1 is 1.08 bits per heavy atom. The molecule has 0 aromatic heterocycles. The highest BCUT2D eigenvalue weighted by atomic mass is 16.4. The molecule has 1 aromatic rings. The molecule has 0 radical (unpaired) electrons. The minimum absolute atomic E-state index is 0.0428. The van der Waals surface area contributed by atoms with Crippen molar-refractivity contribution in [3.05, 3.63) is 35.9 Å². The minimum atomic E-state index is -1.15. The highest BCUT2D eigenvalue weighted by Gasteiger charge is 2.39. The standard InChI is InChI=1S/C25H37N5O6/c1-15(2)13-19(25(35)36)29-23(33)20-9-6-12-30(20)24(34)18(10-11-21(27)31)28-22(32)17(26)14-16-7-4-3-5-8-16/h3-5,7-8,15,17-20H,6,9-14,26H2,1-2H3,(H2,27,31)(H,28,32)(H,29,33)(H,35,36). The number of amides is 4. The third-order valence-corrected chi connectivity index (χ3v) is 6.09. The maximum atomic E-state index is 13.4. The molecule has 0 saturated carbocycles. The number of benzene rings is 1. The molecule has 11 nitrogen and oxygen atoms in total. The van der Waals surface area contributed by atoms with Crippen LogP contribution in [0.3, 0.4) is 0 Å². The summed E-state index contributed by atoms with van der Waals surface area (Å²) in [6.07, 6.45) is 1.20. The van der Waals surface area contributed by atoms with Crippen LogP contribution in [0.25, 0.3) is 0 Å². The Hall–Kier alpha value is -3.47. The molecule has 4 unspecified atom stereocenters. The zero-order chi connectivity index (χ0) is 26.8. The lowest BCUT2D eigenvalue weighted by Gasteiger charge is -2.30. The summed E-state index contributed by atoms with van der Waals surface area (Å²) in [6.45, 7) is 3.96. The van der Waals surface area contributed by atoms with E-state index in [-0.39, 0.29) is 38.1 Å². The monoisotopic (exact) mass is 503 g/mol. The quantitative estimate of drug-likeness (QED) is 0.249. The molecular weight excluding hydrogens is 466 g/mol. The van der Waals surface area contributed by atoms with E-state index in [4.69, 9.17) is 11.5 Å². The van der Waals surface area contributed by atoms with Gasteiger partial charge in [0.25, 0.3) is 0 Å². The number of hydrogen-bond acceptors (Lipinski definition) is 6. The lowest BCUT2D eigenvalue weighted by Crippen LogP contribution is -2.57.